The fourth-order valence-corrected chi connectivity index (χ4v) is 5.45. The third-order valence-electron chi connectivity index (χ3n) is 7.61. The van der Waals surface area contributed by atoms with E-state index in [0.29, 0.717) is 32.1 Å². The zero-order valence-corrected chi connectivity index (χ0v) is 21.3. The van der Waals surface area contributed by atoms with Crippen LogP contribution in [0.3, 0.4) is 0 Å². The summed E-state index contributed by atoms with van der Waals surface area (Å²) in [5, 5.41) is 9.87. The van der Waals surface area contributed by atoms with E-state index in [1.807, 2.05) is 53.2 Å². The van der Waals surface area contributed by atoms with E-state index in [1.165, 1.54) is 11.1 Å². The van der Waals surface area contributed by atoms with Crippen LogP contribution in [0.15, 0.2) is 77.7 Å². The fourth-order valence-electron chi connectivity index (χ4n) is 5.45. The van der Waals surface area contributed by atoms with Gasteiger partial charge < -0.3 is 16.0 Å². The third kappa shape index (κ3) is 6.31. The van der Waals surface area contributed by atoms with Crippen molar-refractivity contribution >= 4 is 17.8 Å². The topological polar surface area (TPSA) is 75.2 Å². The molecule has 2 aromatic carbocycles. The Morgan fingerprint density at radius 2 is 1.65 bits per heavy atom. The van der Waals surface area contributed by atoms with Crippen LogP contribution < -0.4 is 21.5 Å². The molecule has 0 radical (unpaired) electrons. The summed E-state index contributed by atoms with van der Waals surface area (Å²) in [5.74, 6) is 1.48. The van der Waals surface area contributed by atoms with Gasteiger partial charge in [-0.05, 0) is 73.1 Å². The molecule has 1 aromatic heterocycles. The quantitative estimate of drug-likeness (QED) is 0.402. The van der Waals surface area contributed by atoms with E-state index >= 15 is 0 Å². The van der Waals surface area contributed by atoms with Crippen LogP contribution >= 0.6 is 0 Å². The van der Waals surface area contributed by atoms with Crippen LogP contribution in [-0.2, 0) is 30.8 Å². The second kappa shape index (κ2) is 12.0. The van der Waals surface area contributed by atoms with Crippen LogP contribution in [0.2, 0.25) is 0 Å². The first-order valence-corrected chi connectivity index (χ1v) is 13.4. The smallest absolute Gasteiger partial charge is 0.259 e. The molecular weight excluding hydrogens is 460 g/mol. The summed E-state index contributed by atoms with van der Waals surface area (Å²) in [4.78, 5) is 26.3. The van der Waals surface area contributed by atoms with Crippen LogP contribution in [0.4, 0.5) is 5.82 Å². The molecule has 1 amide bonds. The Hall–Kier alpha value is -3.80. The number of carbonyl (C=O) groups is 1. The predicted octanol–water partition coefficient (Wildman–Crippen LogP) is 4.70. The van der Waals surface area contributed by atoms with Crippen molar-refractivity contribution in [2.24, 2.45) is 11.8 Å². The molecular formula is C31H36N4O2. The Morgan fingerprint density at radius 3 is 2.38 bits per heavy atom. The molecule has 0 unspecified atom stereocenters. The lowest BCUT2D eigenvalue weighted by atomic mass is 9.81. The first kappa shape index (κ1) is 24.9. The molecule has 0 spiro atoms. The lowest BCUT2D eigenvalue weighted by Gasteiger charge is -2.29. The average Bonchev–Trinajstić information content (AvgIpc) is 2.95. The lowest BCUT2D eigenvalue weighted by molar-refractivity contribution is -0.126. The van der Waals surface area contributed by atoms with Gasteiger partial charge in [0.2, 0.25) is 5.91 Å². The van der Waals surface area contributed by atoms with Gasteiger partial charge in [0.15, 0.2) is 0 Å². The minimum Gasteiger partial charge on any atom is -0.387 e. The third-order valence-corrected chi connectivity index (χ3v) is 7.61. The first-order chi connectivity index (χ1) is 18.2. The van der Waals surface area contributed by atoms with Gasteiger partial charge in [0.05, 0.1) is 0 Å². The molecule has 5 rings (SSSR count). The zero-order valence-electron chi connectivity index (χ0n) is 21.3. The second-order valence-corrected chi connectivity index (χ2v) is 10.2. The summed E-state index contributed by atoms with van der Waals surface area (Å²) in [6, 6.07) is 22.6. The van der Waals surface area contributed by atoms with Gasteiger partial charge in [0, 0.05) is 37.7 Å². The summed E-state index contributed by atoms with van der Waals surface area (Å²) in [7, 11) is 0. The van der Waals surface area contributed by atoms with Gasteiger partial charge in [0.25, 0.3) is 5.56 Å². The number of benzene rings is 2. The SMILES string of the molecule is O=C(NCCc1ccccc1)C1CCC(Cn2c(NCc3ccccc3)cc3c(c2=O)C=CNC3)CC1. The Bertz CT molecular complexity index is 1280. The Labute approximate surface area is 218 Å². The van der Waals surface area contributed by atoms with Gasteiger partial charge in [-0.25, -0.2) is 0 Å². The minimum absolute atomic E-state index is 0.0617. The molecule has 37 heavy (non-hydrogen) atoms. The molecule has 3 aromatic rings. The highest BCUT2D eigenvalue weighted by atomic mass is 16.2. The van der Waals surface area contributed by atoms with Crippen molar-refractivity contribution < 1.29 is 4.79 Å². The van der Waals surface area contributed by atoms with Crippen LogP contribution in [0, 0.1) is 11.8 Å². The number of fused-ring (bicyclic) bond motifs is 1. The number of anilines is 1. The van der Waals surface area contributed by atoms with Crippen LogP contribution in [0.5, 0.6) is 0 Å². The number of amides is 1. The largest absolute Gasteiger partial charge is 0.387 e. The van der Waals surface area contributed by atoms with Crippen molar-refractivity contribution in [1.29, 1.82) is 0 Å². The maximum atomic E-state index is 13.5. The highest BCUT2D eigenvalue weighted by Gasteiger charge is 2.27. The van der Waals surface area contributed by atoms with E-state index in [4.69, 9.17) is 0 Å². The van der Waals surface area contributed by atoms with Gasteiger partial charge in [-0.1, -0.05) is 60.7 Å². The van der Waals surface area contributed by atoms with E-state index in [-0.39, 0.29) is 17.4 Å². The number of nitrogens with one attached hydrogen (secondary N) is 3. The molecule has 192 valence electrons. The maximum absolute atomic E-state index is 13.5. The predicted molar refractivity (Wildman–Crippen MR) is 149 cm³/mol. The maximum Gasteiger partial charge on any atom is 0.259 e. The van der Waals surface area contributed by atoms with Gasteiger partial charge in [0.1, 0.15) is 5.82 Å². The summed E-state index contributed by atoms with van der Waals surface area (Å²) in [6.45, 7) is 2.67. The molecule has 0 atom stereocenters. The normalized spacial score (nSPS) is 18.5. The molecule has 2 aliphatic rings. The number of nitrogens with zero attached hydrogens (tertiary/aromatic N) is 1. The molecule has 0 saturated heterocycles. The number of hydrogen-bond acceptors (Lipinski definition) is 4. The van der Waals surface area contributed by atoms with E-state index < -0.39 is 0 Å². The summed E-state index contributed by atoms with van der Waals surface area (Å²) in [6.07, 6.45) is 8.25. The minimum atomic E-state index is 0.0617. The zero-order chi connectivity index (χ0) is 25.5. The number of rotatable bonds is 9. The van der Waals surface area contributed by atoms with Crippen molar-refractivity contribution in [3.63, 3.8) is 0 Å². The summed E-state index contributed by atoms with van der Waals surface area (Å²) in [5.41, 5.74) is 4.28. The molecule has 6 heteroatoms. The van der Waals surface area contributed by atoms with Gasteiger partial charge in [-0.15, -0.1) is 0 Å². The summed E-state index contributed by atoms with van der Waals surface area (Å²) < 4.78 is 1.92. The number of pyridine rings is 1. The Morgan fingerprint density at radius 1 is 0.946 bits per heavy atom. The van der Waals surface area contributed by atoms with Crippen molar-refractivity contribution in [3.05, 3.63) is 106 Å². The first-order valence-electron chi connectivity index (χ1n) is 13.4. The van der Waals surface area contributed by atoms with Crippen molar-refractivity contribution in [1.82, 2.24) is 15.2 Å². The van der Waals surface area contributed by atoms with E-state index in [9.17, 15) is 9.59 Å². The van der Waals surface area contributed by atoms with Gasteiger partial charge in [-0.2, -0.15) is 0 Å². The molecule has 6 nitrogen and oxygen atoms in total. The van der Waals surface area contributed by atoms with Crippen molar-refractivity contribution in [2.75, 3.05) is 11.9 Å². The van der Waals surface area contributed by atoms with Crippen molar-refractivity contribution in [3.8, 4) is 0 Å². The lowest BCUT2D eigenvalue weighted by Crippen LogP contribution is -2.36. The van der Waals surface area contributed by atoms with E-state index in [1.54, 1.807) is 0 Å². The van der Waals surface area contributed by atoms with Crippen LogP contribution in [-0.4, -0.2) is 17.0 Å². The molecule has 1 aliphatic heterocycles. The highest BCUT2D eigenvalue weighted by molar-refractivity contribution is 5.78. The van der Waals surface area contributed by atoms with E-state index in [2.05, 4.69) is 46.3 Å². The molecule has 3 N–H and O–H groups in total. The van der Waals surface area contributed by atoms with Gasteiger partial charge >= 0.3 is 0 Å². The molecule has 1 aliphatic carbocycles. The van der Waals surface area contributed by atoms with Gasteiger partial charge in [-0.3, -0.25) is 14.2 Å². The number of hydrogen-bond donors (Lipinski definition) is 3. The van der Waals surface area contributed by atoms with Crippen LogP contribution in [0.1, 0.15) is 47.9 Å². The standard InChI is InChI=1S/C31H36N4O2/c36-30(33-18-15-23-7-3-1-4-8-23)26-13-11-25(12-14-26)22-35-29(34-20-24-9-5-2-6-10-24)19-27-21-32-17-16-28(27)31(35)37/h1-10,16-17,19,25-26,32,34H,11-15,18,20-22H2,(H,33,36). The molecule has 1 fully saturated rings. The highest BCUT2D eigenvalue weighted by Crippen LogP contribution is 2.31. The fraction of sp³-hybridized carbons (Fsp3) is 0.355. The van der Waals surface area contributed by atoms with E-state index in [0.717, 1.165) is 49.0 Å². The number of aromatic nitrogens is 1. The number of carbonyl (C=O) groups excluding carboxylic acids is 1. The second-order valence-electron chi connectivity index (χ2n) is 10.2. The van der Waals surface area contributed by atoms with Crippen molar-refractivity contribution in [2.45, 2.75) is 51.7 Å². The molecule has 2 heterocycles. The Kier molecular flexibility index (Phi) is 8.04. The molecule has 1 saturated carbocycles. The Balaban J connectivity index is 1.20. The average molecular weight is 497 g/mol. The van der Waals surface area contributed by atoms with Crippen LogP contribution in [0.25, 0.3) is 6.08 Å². The monoisotopic (exact) mass is 496 g/mol. The summed E-state index contributed by atoms with van der Waals surface area (Å²) >= 11 is 0. The molecule has 0 bridgehead atoms.